The lowest BCUT2D eigenvalue weighted by atomic mass is 10.1. The van der Waals surface area contributed by atoms with Gasteiger partial charge in [0.15, 0.2) is 6.10 Å². The molecule has 0 aliphatic heterocycles. The molecule has 0 radical (unpaired) electrons. The first-order chi connectivity index (χ1) is 10.2. The number of rotatable bonds is 14. The zero-order chi connectivity index (χ0) is 15.8. The lowest BCUT2D eigenvalue weighted by molar-refractivity contribution is -0.146. The van der Waals surface area contributed by atoms with Crippen LogP contribution in [-0.4, -0.2) is 22.3 Å². The zero-order valence-corrected chi connectivity index (χ0v) is 13.5. The van der Waals surface area contributed by atoms with Crippen LogP contribution < -0.4 is 0 Å². The highest BCUT2D eigenvalue weighted by molar-refractivity contribution is 5.71. The summed E-state index contributed by atoms with van der Waals surface area (Å²) in [7, 11) is 0. The van der Waals surface area contributed by atoms with E-state index >= 15 is 0 Å². The topological polar surface area (TPSA) is 57.5 Å². The van der Waals surface area contributed by atoms with E-state index in [4.69, 9.17) is 10.2 Å². The first-order valence-corrected chi connectivity index (χ1v) is 8.41. The van der Waals surface area contributed by atoms with E-state index in [1.165, 1.54) is 32.1 Å². The molecule has 3 heteroatoms. The molecule has 0 heterocycles. The minimum absolute atomic E-state index is 0.367. The van der Waals surface area contributed by atoms with Crippen LogP contribution in [0.2, 0.25) is 0 Å². The second kappa shape index (κ2) is 15.3. The Morgan fingerprint density at radius 1 is 0.905 bits per heavy atom. The van der Waals surface area contributed by atoms with Gasteiger partial charge < -0.3 is 10.2 Å². The molecule has 0 amide bonds. The normalized spacial score (nSPS) is 13.2. The van der Waals surface area contributed by atoms with Crippen molar-refractivity contribution in [1.29, 1.82) is 0 Å². The predicted octanol–water partition coefficient (Wildman–Crippen LogP) is 4.86. The van der Waals surface area contributed by atoms with Crippen LogP contribution in [0.5, 0.6) is 0 Å². The quantitative estimate of drug-likeness (QED) is 0.355. The SMILES string of the molecule is CCCCCC/C=C/C=C/CCCCCCC(O)C(=O)O. The molecule has 0 aromatic rings. The molecule has 122 valence electrons. The van der Waals surface area contributed by atoms with Crippen molar-refractivity contribution in [3.63, 3.8) is 0 Å². The summed E-state index contributed by atoms with van der Waals surface area (Å²) in [6.07, 6.45) is 19.4. The highest BCUT2D eigenvalue weighted by Crippen LogP contribution is 2.08. The number of carboxylic acid groups (broad SMARTS) is 1. The summed E-state index contributed by atoms with van der Waals surface area (Å²) < 4.78 is 0. The van der Waals surface area contributed by atoms with Gasteiger partial charge in [-0.25, -0.2) is 4.79 Å². The van der Waals surface area contributed by atoms with Crippen LogP contribution >= 0.6 is 0 Å². The molecule has 0 aliphatic rings. The van der Waals surface area contributed by atoms with E-state index in [0.717, 1.165) is 32.1 Å². The molecule has 0 aromatic carbocycles. The molecule has 0 aliphatic carbocycles. The Balaban J connectivity index is 3.29. The number of hydrogen-bond acceptors (Lipinski definition) is 2. The maximum Gasteiger partial charge on any atom is 0.332 e. The summed E-state index contributed by atoms with van der Waals surface area (Å²) in [6.45, 7) is 2.23. The highest BCUT2D eigenvalue weighted by atomic mass is 16.4. The standard InChI is InChI=1S/C18H32O3/c1-2-3-4-5-6-7-8-9-10-11-12-13-14-15-16-17(19)18(20)21/h7-10,17,19H,2-6,11-16H2,1H3,(H,20,21)/b8-7+,10-9+. The molecule has 2 N–H and O–H groups in total. The molecule has 0 spiro atoms. The van der Waals surface area contributed by atoms with Crippen molar-refractivity contribution >= 4 is 5.97 Å². The van der Waals surface area contributed by atoms with Crippen molar-refractivity contribution in [1.82, 2.24) is 0 Å². The van der Waals surface area contributed by atoms with Crippen molar-refractivity contribution in [2.24, 2.45) is 0 Å². The van der Waals surface area contributed by atoms with Crippen molar-refractivity contribution in [3.8, 4) is 0 Å². The maximum absolute atomic E-state index is 10.4. The van der Waals surface area contributed by atoms with E-state index in [2.05, 4.69) is 31.2 Å². The zero-order valence-electron chi connectivity index (χ0n) is 13.5. The molecule has 0 rings (SSSR count). The third-order valence-electron chi connectivity index (χ3n) is 3.49. The Hall–Kier alpha value is -1.09. The van der Waals surface area contributed by atoms with Crippen molar-refractivity contribution in [3.05, 3.63) is 24.3 Å². The number of unbranched alkanes of at least 4 members (excludes halogenated alkanes) is 8. The van der Waals surface area contributed by atoms with Crippen LogP contribution in [0.25, 0.3) is 0 Å². The Morgan fingerprint density at radius 3 is 1.95 bits per heavy atom. The number of aliphatic hydroxyl groups excluding tert-OH is 1. The van der Waals surface area contributed by atoms with E-state index in [9.17, 15) is 4.79 Å². The Kier molecular flexibility index (Phi) is 14.5. The average molecular weight is 296 g/mol. The molecular formula is C18H32O3. The second-order valence-electron chi connectivity index (χ2n) is 5.55. The van der Waals surface area contributed by atoms with Gasteiger partial charge >= 0.3 is 5.97 Å². The molecule has 0 fully saturated rings. The van der Waals surface area contributed by atoms with Crippen LogP contribution in [0.1, 0.15) is 77.6 Å². The monoisotopic (exact) mass is 296 g/mol. The summed E-state index contributed by atoms with van der Waals surface area (Å²) >= 11 is 0. The van der Waals surface area contributed by atoms with E-state index in [1.54, 1.807) is 0 Å². The molecule has 1 unspecified atom stereocenters. The minimum atomic E-state index is -1.19. The van der Waals surface area contributed by atoms with Gasteiger partial charge in [-0.2, -0.15) is 0 Å². The first kappa shape index (κ1) is 19.9. The molecule has 21 heavy (non-hydrogen) atoms. The fourth-order valence-electron chi connectivity index (χ4n) is 2.12. The van der Waals surface area contributed by atoms with Gasteiger partial charge in [0.1, 0.15) is 0 Å². The number of aliphatic carboxylic acids is 1. The Morgan fingerprint density at radius 2 is 1.43 bits per heavy atom. The van der Waals surface area contributed by atoms with Gasteiger partial charge in [0, 0.05) is 0 Å². The van der Waals surface area contributed by atoms with E-state index in [1.807, 2.05) is 0 Å². The van der Waals surface area contributed by atoms with Crippen LogP contribution in [-0.2, 0) is 4.79 Å². The lowest BCUT2D eigenvalue weighted by Crippen LogP contribution is -2.18. The highest BCUT2D eigenvalue weighted by Gasteiger charge is 2.11. The lowest BCUT2D eigenvalue weighted by Gasteiger charge is -2.04. The summed E-state index contributed by atoms with van der Waals surface area (Å²) in [5.74, 6) is -1.11. The molecule has 0 saturated heterocycles. The predicted molar refractivity (Wildman–Crippen MR) is 88.4 cm³/mol. The van der Waals surface area contributed by atoms with Gasteiger partial charge in [-0.05, 0) is 32.1 Å². The summed E-state index contributed by atoms with van der Waals surface area (Å²) in [4.78, 5) is 10.4. The smallest absolute Gasteiger partial charge is 0.332 e. The molecule has 0 saturated carbocycles. The third-order valence-corrected chi connectivity index (χ3v) is 3.49. The van der Waals surface area contributed by atoms with Gasteiger partial charge in [-0.1, -0.05) is 69.8 Å². The molecular weight excluding hydrogens is 264 g/mol. The van der Waals surface area contributed by atoms with E-state index < -0.39 is 12.1 Å². The number of hydrogen-bond donors (Lipinski definition) is 2. The van der Waals surface area contributed by atoms with Crippen molar-refractivity contribution in [2.75, 3.05) is 0 Å². The van der Waals surface area contributed by atoms with Crippen LogP contribution in [0.3, 0.4) is 0 Å². The van der Waals surface area contributed by atoms with Gasteiger partial charge in [0.25, 0.3) is 0 Å². The number of aliphatic hydroxyl groups is 1. The van der Waals surface area contributed by atoms with Crippen LogP contribution in [0, 0.1) is 0 Å². The van der Waals surface area contributed by atoms with Gasteiger partial charge in [0.2, 0.25) is 0 Å². The van der Waals surface area contributed by atoms with Crippen LogP contribution in [0.15, 0.2) is 24.3 Å². The largest absolute Gasteiger partial charge is 0.479 e. The average Bonchev–Trinajstić information content (AvgIpc) is 2.47. The summed E-state index contributed by atoms with van der Waals surface area (Å²) in [5, 5.41) is 17.6. The fourth-order valence-corrected chi connectivity index (χ4v) is 2.12. The minimum Gasteiger partial charge on any atom is -0.479 e. The second-order valence-corrected chi connectivity index (χ2v) is 5.55. The third kappa shape index (κ3) is 15.1. The number of carbonyl (C=O) groups is 1. The molecule has 0 aromatic heterocycles. The van der Waals surface area contributed by atoms with E-state index in [0.29, 0.717) is 6.42 Å². The first-order valence-electron chi connectivity index (χ1n) is 8.41. The number of allylic oxidation sites excluding steroid dienone is 4. The van der Waals surface area contributed by atoms with Gasteiger partial charge in [-0.15, -0.1) is 0 Å². The van der Waals surface area contributed by atoms with Crippen molar-refractivity contribution < 1.29 is 15.0 Å². The summed E-state index contributed by atoms with van der Waals surface area (Å²) in [5.41, 5.74) is 0. The van der Waals surface area contributed by atoms with Gasteiger partial charge in [0.05, 0.1) is 0 Å². The number of carboxylic acids is 1. The van der Waals surface area contributed by atoms with Gasteiger partial charge in [-0.3, -0.25) is 0 Å². The van der Waals surface area contributed by atoms with Crippen molar-refractivity contribution in [2.45, 2.75) is 83.7 Å². The molecule has 0 bridgehead atoms. The van der Waals surface area contributed by atoms with Crippen LogP contribution in [0.4, 0.5) is 0 Å². The Labute approximate surface area is 129 Å². The molecule has 1 atom stereocenters. The molecule has 3 nitrogen and oxygen atoms in total. The Bertz CT molecular complexity index is 295. The van der Waals surface area contributed by atoms with E-state index in [-0.39, 0.29) is 0 Å². The maximum atomic E-state index is 10.4. The summed E-state index contributed by atoms with van der Waals surface area (Å²) in [6, 6.07) is 0. The fraction of sp³-hybridized carbons (Fsp3) is 0.722.